The molecule has 2 nitrogen and oxygen atoms in total. The predicted molar refractivity (Wildman–Crippen MR) is 77.4 cm³/mol. The van der Waals surface area contributed by atoms with Crippen LogP contribution >= 0.6 is 0 Å². The van der Waals surface area contributed by atoms with Crippen molar-refractivity contribution in [3.05, 3.63) is 12.2 Å². The molecule has 0 unspecified atom stereocenters. The molecule has 0 amide bonds. The fourth-order valence-corrected chi connectivity index (χ4v) is 5.37. The van der Waals surface area contributed by atoms with E-state index in [9.17, 15) is 0 Å². The Bertz CT molecular complexity index is 337. The first-order valence-corrected chi connectivity index (χ1v) is 8.75. The van der Waals surface area contributed by atoms with Gasteiger partial charge in [0.05, 0.1) is 12.6 Å². The largest absolute Gasteiger partial charge is 0.325 e. The summed E-state index contributed by atoms with van der Waals surface area (Å²) in [4.78, 5) is 3.88. The van der Waals surface area contributed by atoms with Crippen molar-refractivity contribution in [2.24, 2.45) is 17.8 Å². The standard InChI is InChI=1S/C17H28N2/c1-2-4-17(3-1)19-9-7-18(8-10-19)13-16-12-14-5-6-15(16)11-14/h5-6,14-17H,1-4,7-13H2/p+2/t14-,15+,16-/m0/s1. The van der Waals surface area contributed by atoms with Crippen molar-refractivity contribution < 1.29 is 9.80 Å². The van der Waals surface area contributed by atoms with Crippen LogP contribution in [-0.2, 0) is 0 Å². The van der Waals surface area contributed by atoms with E-state index >= 15 is 0 Å². The van der Waals surface area contributed by atoms with Crippen molar-refractivity contribution in [3.63, 3.8) is 0 Å². The number of quaternary nitrogens is 2. The Hall–Kier alpha value is -0.340. The molecule has 2 heteroatoms. The summed E-state index contributed by atoms with van der Waals surface area (Å²) >= 11 is 0. The van der Waals surface area contributed by atoms with Gasteiger partial charge in [-0.05, 0) is 50.4 Å². The van der Waals surface area contributed by atoms with Crippen LogP contribution in [0.5, 0.6) is 0 Å². The molecule has 2 bridgehead atoms. The van der Waals surface area contributed by atoms with E-state index in [1.807, 2.05) is 9.80 Å². The van der Waals surface area contributed by atoms with Gasteiger partial charge in [-0.3, -0.25) is 0 Å². The maximum absolute atomic E-state index is 2.53. The lowest BCUT2D eigenvalue weighted by atomic mass is 9.93. The van der Waals surface area contributed by atoms with E-state index in [-0.39, 0.29) is 0 Å². The SMILES string of the molecule is C1=C[C@@H]2C[C@H]1C[C@H]2C[NH+]1CC[NH+](C2CCCC2)CC1. The van der Waals surface area contributed by atoms with E-state index in [0.29, 0.717) is 0 Å². The highest BCUT2D eigenvalue weighted by atomic mass is 15.3. The van der Waals surface area contributed by atoms with Crippen molar-refractivity contribution in [2.45, 2.75) is 44.6 Å². The third kappa shape index (κ3) is 2.50. The normalized spacial score (nSPS) is 46.2. The van der Waals surface area contributed by atoms with Crippen LogP contribution in [0.3, 0.4) is 0 Å². The van der Waals surface area contributed by atoms with Gasteiger partial charge >= 0.3 is 0 Å². The molecule has 0 radical (unpaired) electrons. The number of allylic oxidation sites excluding steroid dienone is 2. The van der Waals surface area contributed by atoms with Crippen LogP contribution in [0.2, 0.25) is 0 Å². The highest BCUT2D eigenvalue weighted by Gasteiger charge is 2.39. The Morgan fingerprint density at radius 3 is 2.32 bits per heavy atom. The number of hydrogen-bond acceptors (Lipinski definition) is 0. The van der Waals surface area contributed by atoms with Crippen molar-refractivity contribution in [1.29, 1.82) is 0 Å². The number of hydrogen-bond donors (Lipinski definition) is 2. The Balaban J connectivity index is 1.25. The summed E-state index contributed by atoms with van der Waals surface area (Å²) in [6, 6.07) is 1.03. The molecule has 4 aliphatic rings. The van der Waals surface area contributed by atoms with Gasteiger partial charge in [-0.1, -0.05) is 12.2 Å². The van der Waals surface area contributed by atoms with E-state index in [1.165, 1.54) is 71.2 Å². The quantitative estimate of drug-likeness (QED) is 0.659. The molecule has 1 heterocycles. The first-order chi connectivity index (χ1) is 9.38. The summed E-state index contributed by atoms with van der Waals surface area (Å²) in [5.41, 5.74) is 0. The van der Waals surface area contributed by atoms with E-state index in [1.54, 1.807) is 0 Å². The highest BCUT2D eigenvalue weighted by Crippen LogP contribution is 2.42. The van der Waals surface area contributed by atoms with Crippen LogP contribution in [-0.4, -0.2) is 38.8 Å². The van der Waals surface area contributed by atoms with Gasteiger partial charge < -0.3 is 9.80 Å². The van der Waals surface area contributed by atoms with Crippen LogP contribution in [0.25, 0.3) is 0 Å². The van der Waals surface area contributed by atoms with Gasteiger partial charge in [0.1, 0.15) is 26.2 Å². The van der Waals surface area contributed by atoms with Crippen LogP contribution in [0, 0.1) is 17.8 Å². The molecule has 0 aromatic rings. The smallest absolute Gasteiger partial charge is 0.127 e. The number of rotatable bonds is 3. The molecular formula is C17H30N2+2. The van der Waals surface area contributed by atoms with Crippen LogP contribution in [0.15, 0.2) is 12.2 Å². The summed E-state index contributed by atoms with van der Waals surface area (Å²) in [7, 11) is 0. The van der Waals surface area contributed by atoms with Crippen molar-refractivity contribution >= 4 is 0 Å². The maximum Gasteiger partial charge on any atom is 0.127 e. The zero-order valence-electron chi connectivity index (χ0n) is 12.2. The van der Waals surface area contributed by atoms with Crippen LogP contribution in [0.4, 0.5) is 0 Å². The van der Waals surface area contributed by atoms with E-state index < -0.39 is 0 Å². The minimum Gasteiger partial charge on any atom is -0.325 e. The summed E-state index contributed by atoms with van der Waals surface area (Å²) < 4.78 is 0. The molecule has 2 N–H and O–H groups in total. The molecule has 2 saturated carbocycles. The minimum atomic E-state index is 0.956. The molecule has 0 aromatic carbocycles. The average Bonchev–Trinajstić information content (AvgIpc) is 3.17. The lowest BCUT2D eigenvalue weighted by molar-refractivity contribution is -1.02. The van der Waals surface area contributed by atoms with Crippen molar-refractivity contribution in [1.82, 2.24) is 0 Å². The predicted octanol–water partition coefficient (Wildman–Crippen LogP) is -0.0754. The topological polar surface area (TPSA) is 8.88 Å². The minimum absolute atomic E-state index is 0.956. The summed E-state index contributed by atoms with van der Waals surface area (Å²) in [5, 5.41) is 0. The number of nitrogens with one attached hydrogen (secondary N) is 2. The Morgan fingerprint density at radius 2 is 1.68 bits per heavy atom. The highest BCUT2D eigenvalue weighted by molar-refractivity contribution is 5.09. The van der Waals surface area contributed by atoms with Crippen LogP contribution in [0.1, 0.15) is 38.5 Å². The zero-order chi connectivity index (χ0) is 12.7. The molecule has 3 aliphatic carbocycles. The molecule has 0 spiro atoms. The lowest BCUT2D eigenvalue weighted by Crippen LogP contribution is -3.29. The molecular weight excluding hydrogens is 232 g/mol. The third-order valence-electron chi connectivity index (χ3n) is 6.50. The van der Waals surface area contributed by atoms with E-state index in [4.69, 9.17) is 0 Å². The van der Waals surface area contributed by atoms with Gasteiger partial charge in [0.15, 0.2) is 0 Å². The monoisotopic (exact) mass is 262 g/mol. The Morgan fingerprint density at radius 1 is 0.895 bits per heavy atom. The van der Waals surface area contributed by atoms with Crippen molar-refractivity contribution in [3.8, 4) is 0 Å². The lowest BCUT2D eigenvalue weighted by Gasteiger charge is -2.34. The zero-order valence-corrected chi connectivity index (χ0v) is 12.2. The van der Waals surface area contributed by atoms with Gasteiger partial charge in [0.25, 0.3) is 0 Å². The fourth-order valence-electron chi connectivity index (χ4n) is 5.37. The van der Waals surface area contributed by atoms with Gasteiger partial charge in [-0.25, -0.2) is 0 Å². The molecule has 3 atom stereocenters. The van der Waals surface area contributed by atoms with Gasteiger partial charge in [-0.15, -0.1) is 0 Å². The molecule has 106 valence electrons. The molecule has 0 aromatic heterocycles. The first kappa shape index (κ1) is 12.4. The second-order valence-electron chi connectivity index (χ2n) is 7.63. The molecule has 3 fully saturated rings. The first-order valence-electron chi connectivity index (χ1n) is 8.75. The molecule has 4 rings (SSSR count). The number of piperazine rings is 1. The second kappa shape index (κ2) is 5.21. The Kier molecular flexibility index (Phi) is 3.40. The number of fused-ring (bicyclic) bond motifs is 2. The Labute approximate surface area is 117 Å². The maximum atomic E-state index is 2.53. The summed E-state index contributed by atoms with van der Waals surface area (Å²) in [6.45, 7) is 7.28. The summed E-state index contributed by atoms with van der Waals surface area (Å²) in [6.07, 6.45) is 14.0. The average molecular weight is 262 g/mol. The fraction of sp³-hybridized carbons (Fsp3) is 0.882. The molecule has 1 saturated heterocycles. The van der Waals surface area contributed by atoms with E-state index in [2.05, 4.69) is 12.2 Å². The summed E-state index contributed by atoms with van der Waals surface area (Å²) in [5.74, 6) is 2.94. The van der Waals surface area contributed by atoms with Gasteiger partial charge in [0.2, 0.25) is 0 Å². The second-order valence-corrected chi connectivity index (χ2v) is 7.63. The van der Waals surface area contributed by atoms with Gasteiger partial charge in [-0.2, -0.15) is 0 Å². The third-order valence-corrected chi connectivity index (χ3v) is 6.50. The van der Waals surface area contributed by atoms with Gasteiger partial charge in [0, 0.05) is 5.92 Å². The molecule has 1 aliphatic heterocycles. The van der Waals surface area contributed by atoms with E-state index in [0.717, 1.165) is 23.8 Å². The molecule has 19 heavy (non-hydrogen) atoms. The van der Waals surface area contributed by atoms with Crippen LogP contribution < -0.4 is 9.80 Å². The van der Waals surface area contributed by atoms with Crippen molar-refractivity contribution in [2.75, 3.05) is 32.7 Å².